The number of aliphatic imine (C=N–C) groups is 1. The quantitative estimate of drug-likeness (QED) is 0.294. The van der Waals surface area contributed by atoms with Gasteiger partial charge in [-0.05, 0) is 37.1 Å². The van der Waals surface area contributed by atoms with E-state index in [1.807, 2.05) is 7.05 Å². The number of rotatable bonds is 7. The second-order valence-electron chi connectivity index (χ2n) is 5.94. The van der Waals surface area contributed by atoms with E-state index in [-0.39, 0.29) is 24.0 Å². The monoisotopic (exact) mass is 442 g/mol. The van der Waals surface area contributed by atoms with E-state index in [2.05, 4.69) is 70.8 Å². The van der Waals surface area contributed by atoms with Gasteiger partial charge in [-0.15, -0.1) is 24.0 Å². The third-order valence-corrected chi connectivity index (χ3v) is 4.43. The fourth-order valence-corrected chi connectivity index (χ4v) is 2.87. The fraction of sp³-hybridized carbons (Fsp3) is 0.526. The molecule has 24 heavy (non-hydrogen) atoms. The Morgan fingerprint density at radius 2 is 1.75 bits per heavy atom. The lowest BCUT2D eigenvalue weighted by atomic mass is 10.1. The van der Waals surface area contributed by atoms with Crippen LogP contribution in [0.2, 0.25) is 0 Å². The van der Waals surface area contributed by atoms with E-state index in [1.165, 1.54) is 11.1 Å². The number of hydrogen-bond donors (Lipinski definition) is 2. The van der Waals surface area contributed by atoms with E-state index in [4.69, 9.17) is 0 Å². The number of halogens is 1. The third kappa shape index (κ3) is 6.43. The SMILES string of the molecule is CCN(CC)Cc1ccccc1CNC(=NC)NC1CC=CC1.I. The second kappa shape index (κ2) is 11.5. The van der Waals surface area contributed by atoms with Crippen LogP contribution in [-0.4, -0.2) is 37.0 Å². The maximum Gasteiger partial charge on any atom is 0.191 e. The highest BCUT2D eigenvalue weighted by Gasteiger charge is 2.12. The summed E-state index contributed by atoms with van der Waals surface area (Å²) in [5.41, 5.74) is 2.73. The van der Waals surface area contributed by atoms with Crippen molar-refractivity contribution in [1.82, 2.24) is 15.5 Å². The Morgan fingerprint density at radius 3 is 2.33 bits per heavy atom. The predicted molar refractivity (Wildman–Crippen MR) is 114 cm³/mol. The molecule has 1 aliphatic rings. The number of benzene rings is 1. The van der Waals surface area contributed by atoms with Crippen molar-refractivity contribution in [2.45, 2.75) is 45.8 Å². The Balaban J connectivity index is 0.00000288. The second-order valence-corrected chi connectivity index (χ2v) is 5.94. The zero-order valence-electron chi connectivity index (χ0n) is 15.1. The van der Waals surface area contributed by atoms with Gasteiger partial charge in [-0.3, -0.25) is 9.89 Å². The van der Waals surface area contributed by atoms with Crippen LogP contribution in [-0.2, 0) is 13.1 Å². The van der Waals surface area contributed by atoms with Crippen LogP contribution in [0.25, 0.3) is 0 Å². The molecule has 1 aromatic rings. The van der Waals surface area contributed by atoms with Crippen molar-refractivity contribution in [3.8, 4) is 0 Å². The van der Waals surface area contributed by atoms with Gasteiger partial charge in [0.25, 0.3) is 0 Å². The number of hydrogen-bond acceptors (Lipinski definition) is 2. The van der Waals surface area contributed by atoms with E-state index < -0.39 is 0 Å². The van der Waals surface area contributed by atoms with Crippen LogP contribution in [0, 0.1) is 0 Å². The lowest BCUT2D eigenvalue weighted by Gasteiger charge is -2.21. The smallest absolute Gasteiger partial charge is 0.191 e. The molecule has 4 nitrogen and oxygen atoms in total. The van der Waals surface area contributed by atoms with Gasteiger partial charge < -0.3 is 10.6 Å². The maximum atomic E-state index is 4.35. The minimum atomic E-state index is 0. The summed E-state index contributed by atoms with van der Waals surface area (Å²) in [5, 5.41) is 6.94. The molecule has 0 bridgehead atoms. The lowest BCUT2D eigenvalue weighted by molar-refractivity contribution is 0.295. The Bertz CT molecular complexity index is 530. The van der Waals surface area contributed by atoms with Crippen molar-refractivity contribution in [2.24, 2.45) is 4.99 Å². The van der Waals surface area contributed by atoms with E-state index in [9.17, 15) is 0 Å². The normalized spacial score (nSPS) is 14.8. The fourth-order valence-electron chi connectivity index (χ4n) is 2.87. The molecule has 2 N–H and O–H groups in total. The van der Waals surface area contributed by atoms with Crippen molar-refractivity contribution >= 4 is 29.9 Å². The first-order chi connectivity index (χ1) is 11.3. The van der Waals surface area contributed by atoms with Gasteiger partial charge in [0.2, 0.25) is 0 Å². The van der Waals surface area contributed by atoms with Gasteiger partial charge in [0.05, 0.1) is 0 Å². The van der Waals surface area contributed by atoms with E-state index >= 15 is 0 Å². The molecule has 0 aromatic heterocycles. The van der Waals surface area contributed by atoms with Crippen LogP contribution >= 0.6 is 24.0 Å². The molecular weight excluding hydrogens is 411 g/mol. The summed E-state index contributed by atoms with van der Waals surface area (Å²) in [6.07, 6.45) is 6.62. The average Bonchev–Trinajstić information content (AvgIpc) is 3.10. The molecule has 0 atom stereocenters. The van der Waals surface area contributed by atoms with E-state index in [0.717, 1.165) is 45.0 Å². The number of nitrogens with zero attached hydrogens (tertiary/aromatic N) is 2. The molecule has 2 rings (SSSR count). The summed E-state index contributed by atoms with van der Waals surface area (Å²) in [7, 11) is 1.83. The van der Waals surface area contributed by atoms with Crippen LogP contribution in [0.5, 0.6) is 0 Å². The van der Waals surface area contributed by atoms with Crippen molar-refractivity contribution in [3.63, 3.8) is 0 Å². The molecule has 5 heteroatoms. The first-order valence-corrected chi connectivity index (χ1v) is 8.68. The molecule has 0 amide bonds. The zero-order valence-corrected chi connectivity index (χ0v) is 17.4. The molecule has 134 valence electrons. The average molecular weight is 442 g/mol. The minimum absolute atomic E-state index is 0. The summed E-state index contributed by atoms with van der Waals surface area (Å²) in [4.78, 5) is 6.79. The Kier molecular flexibility index (Phi) is 10.0. The van der Waals surface area contributed by atoms with Crippen molar-refractivity contribution in [3.05, 3.63) is 47.5 Å². The summed E-state index contributed by atoms with van der Waals surface area (Å²) in [6.45, 7) is 8.39. The van der Waals surface area contributed by atoms with Crippen LogP contribution in [0.15, 0.2) is 41.4 Å². The third-order valence-electron chi connectivity index (χ3n) is 4.43. The van der Waals surface area contributed by atoms with Crippen molar-refractivity contribution in [2.75, 3.05) is 20.1 Å². The summed E-state index contributed by atoms with van der Waals surface area (Å²) < 4.78 is 0. The van der Waals surface area contributed by atoms with Crippen LogP contribution in [0.1, 0.15) is 37.8 Å². The molecule has 1 aliphatic carbocycles. The van der Waals surface area contributed by atoms with Gasteiger partial charge in [-0.1, -0.05) is 50.3 Å². The van der Waals surface area contributed by atoms with Gasteiger partial charge in [0, 0.05) is 26.2 Å². The molecule has 1 aromatic carbocycles. The highest BCUT2D eigenvalue weighted by atomic mass is 127. The molecule has 0 saturated heterocycles. The van der Waals surface area contributed by atoms with E-state index in [0.29, 0.717) is 6.04 Å². The van der Waals surface area contributed by atoms with Gasteiger partial charge in [0.15, 0.2) is 5.96 Å². The minimum Gasteiger partial charge on any atom is -0.353 e. The first-order valence-electron chi connectivity index (χ1n) is 8.68. The topological polar surface area (TPSA) is 39.7 Å². The Hall–Kier alpha value is -1.08. The molecule has 0 spiro atoms. The first kappa shape index (κ1) is 21.0. The zero-order chi connectivity index (χ0) is 16.5. The van der Waals surface area contributed by atoms with Crippen LogP contribution < -0.4 is 10.6 Å². The van der Waals surface area contributed by atoms with Crippen LogP contribution in [0.3, 0.4) is 0 Å². The molecular formula is C19H31IN4. The van der Waals surface area contributed by atoms with Gasteiger partial charge in [-0.2, -0.15) is 0 Å². The number of guanidine groups is 1. The highest BCUT2D eigenvalue weighted by Crippen LogP contribution is 2.12. The summed E-state index contributed by atoms with van der Waals surface area (Å²) in [5.74, 6) is 0.886. The van der Waals surface area contributed by atoms with Crippen LogP contribution in [0.4, 0.5) is 0 Å². The van der Waals surface area contributed by atoms with Gasteiger partial charge in [0.1, 0.15) is 0 Å². The van der Waals surface area contributed by atoms with Crippen molar-refractivity contribution < 1.29 is 0 Å². The molecule has 0 fully saturated rings. The Labute approximate surface area is 163 Å². The van der Waals surface area contributed by atoms with Gasteiger partial charge in [-0.25, -0.2) is 0 Å². The molecule has 0 unspecified atom stereocenters. The molecule has 0 aliphatic heterocycles. The van der Waals surface area contributed by atoms with Gasteiger partial charge >= 0.3 is 0 Å². The summed E-state index contributed by atoms with van der Waals surface area (Å²) >= 11 is 0. The number of nitrogens with one attached hydrogen (secondary N) is 2. The van der Waals surface area contributed by atoms with Crippen molar-refractivity contribution in [1.29, 1.82) is 0 Å². The summed E-state index contributed by atoms with van der Waals surface area (Å²) in [6, 6.07) is 9.15. The molecule has 0 saturated carbocycles. The molecule has 0 heterocycles. The Morgan fingerprint density at radius 1 is 1.12 bits per heavy atom. The predicted octanol–water partition coefficient (Wildman–Crippen LogP) is 3.53. The largest absolute Gasteiger partial charge is 0.353 e. The standard InChI is InChI=1S/C19H30N4.HI/c1-4-23(5-2)15-17-11-7-6-10-16(17)14-21-19(20-3)22-18-12-8-9-13-18;/h6-11,18H,4-5,12-15H2,1-3H3,(H2,20,21,22);1H. The lowest BCUT2D eigenvalue weighted by Crippen LogP contribution is -2.42. The molecule has 0 radical (unpaired) electrons. The maximum absolute atomic E-state index is 4.35. The highest BCUT2D eigenvalue weighted by molar-refractivity contribution is 14.0. The van der Waals surface area contributed by atoms with E-state index in [1.54, 1.807) is 0 Å².